The van der Waals surface area contributed by atoms with Crippen molar-refractivity contribution in [2.24, 2.45) is 0 Å². The molecule has 0 radical (unpaired) electrons. The molecule has 0 aliphatic heterocycles. The number of rotatable bonds is 3. The predicted octanol–water partition coefficient (Wildman–Crippen LogP) is 3.32. The maximum atomic E-state index is 12.4. The highest BCUT2D eigenvalue weighted by Crippen LogP contribution is 2.28. The van der Waals surface area contributed by atoms with Crippen LogP contribution in [0.5, 0.6) is 0 Å². The highest BCUT2D eigenvalue weighted by atomic mass is 79.9. The maximum Gasteiger partial charge on any atom is 0.263 e. The van der Waals surface area contributed by atoms with Gasteiger partial charge in [-0.3, -0.25) is 4.72 Å². The zero-order valence-electron chi connectivity index (χ0n) is 11.3. The molecule has 110 valence electrons. The molecule has 0 atom stereocenters. The van der Waals surface area contributed by atoms with Crippen LogP contribution >= 0.6 is 15.9 Å². The van der Waals surface area contributed by atoms with Crippen LogP contribution in [0.2, 0.25) is 0 Å². The summed E-state index contributed by atoms with van der Waals surface area (Å²) in [5, 5.41) is 0. The summed E-state index contributed by atoms with van der Waals surface area (Å²) in [6.45, 7) is 0. The number of nitrogens with one attached hydrogen (secondary N) is 1. The first-order valence-electron chi connectivity index (χ1n) is 6.65. The fourth-order valence-corrected chi connectivity index (χ4v) is 4.15. The number of fused-ring (bicyclic) bond motifs is 1. The molecular weight excluding hydrogens is 352 g/mol. The summed E-state index contributed by atoms with van der Waals surface area (Å²) in [5.41, 5.74) is 9.13. The lowest BCUT2D eigenvalue weighted by Gasteiger charge is -2.11. The average Bonchev–Trinajstić information content (AvgIpc) is 2.85. The van der Waals surface area contributed by atoms with Gasteiger partial charge >= 0.3 is 0 Å². The summed E-state index contributed by atoms with van der Waals surface area (Å²) in [5.74, 6) is 0. The molecule has 3 N–H and O–H groups in total. The molecule has 0 heterocycles. The molecular formula is C15H15BrN2O2S. The lowest BCUT2D eigenvalue weighted by molar-refractivity contribution is 0.601. The van der Waals surface area contributed by atoms with Crippen molar-refractivity contribution < 1.29 is 8.42 Å². The summed E-state index contributed by atoms with van der Waals surface area (Å²) >= 11 is 3.27. The van der Waals surface area contributed by atoms with Gasteiger partial charge in [0.1, 0.15) is 4.90 Å². The van der Waals surface area contributed by atoms with E-state index in [1.54, 1.807) is 18.2 Å². The Morgan fingerprint density at radius 2 is 1.81 bits per heavy atom. The van der Waals surface area contributed by atoms with Crippen molar-refractivity contribution in [3.05, 3.63) is 52.0 Å². The molecule has 3 rings (SSSR count). The molecule has 0 unspecified atom stereocenters. The maximum absolute atomic E-state index is 12.4. The average molecular weight is 367 g/mol. The van der Waals surface area contributed by atoms with E-state index < -0.39 is 10.0 Å². The third kappa shape index (κ3) is 2.91. The molecule has 1 aliphatic carbocycles. The molecule has 0 spiro atoms. The number of anilines is 2. The zero-order chi connectivity index (χ0) is 15.0. The fraction of sp³-hybridized carbons (Fsp3) is 0.200. The third-order valence-electron chi connectivity index (χ3n) is 3.61. The Morgan fingerprint density at radius 3 is 2.57 bits per heavy atom. The van der Waals surface area contributed by atoms with Crippen LogP contribution in [0.3, 0.4) is 0 Å². The van der Waals surface area contributed by atoms with Crippen LogP contribution in [0, 0.1) is 0 Å². The van der Waals surface area contributed by atoms with Crippen molar-refractivity contribution in [3.63, 3.8) is 0 Å². The third-order valence-corrected chi connectivity index (χ3v) is 5.56. The van der Waals surface area contributed by atoms with Gasteiger partial charge in [0, 0.05) is 10.2 Å². The van der Waals surface area contributed by atoms with Crippen LogP contribution in [-0.4, -0.2) is 8.42 Å². The minimum atomic E-state index is -3.67. The molecule has 0 amide bonds. The van der Waals surface area contributed by atoms with Gasteiger partial charge in [-0.2, -0.15) is 0 Å². The number of benzene rings is 2. The van der Waals surface area contributed by atoms with Gasteiger partial charge in [0.2, 0.25) is 0 Å². The number of nitrogens with two attached hydrogens (primary N) is 1. The van der Waals surface area contributed by atoms with E-state index in [1.165, 1.54) is 17.2 Å². The first kappa shape index (κ1) is 14.4. The molecule has 4 nitrogen and oxygen atoms in total. The van der Waals surface area contributed by atoms with E-state index in [0.717, 1.165) is 23.7 Å². The monoisotopic (exact) mass is 366 g/mol. The standard InChI is InChI=1S/C15H15BrN2O2S/c16-12-5-7-15(14(17)9-12)21(19,20)18-13-6-4-10-2-1-3-11(10)8-13/h4-9,18H,1-3,17H2. The first-order valence-corrected chi connectivity index (χ1v) is 8.93. The highest BCUT2D eigenvalue weighted by Gasteiger charge is 2.19. The molecule has 0 aromatic heterocycles. The van der Waals surface area contributed by atoms with Crippen LogP contribution in [0.25, 0.3) is 0 Å². The Balaban J connectivity index is 1.92. The Labute approximate surface area is 132 Å². The quantitative estimate of drug-likeness (QED) is 0.818. The molecule has 0 fully saturated rings. The van der Waals surface area contributed by atoms with Crippen molar-refractivity contribution >= 4 is 37.3 Å². The summed E-state index contributed by atoms with van der Waals surface area (Å²) < 4.78 is 28.2. The van der Waals surface area contributed by atoms with Crippen molar-refractivity contribution in [1.29, 1.82) is 0 Å². The largest absolute Gasteiger partial charge is 0.398 e. The Bertz CT molecular complexity index is 803. The van der Waals surface area contributed by atoms with Crippen molar-refractivity contribution in [2.45, 2.75) is 24.2 Å². The number of nitrogen functional groups attached to an aromatic ring is 1. The van der Waals surface area contributed by atoms with Gasteiger partial charge in [0.25, 0.3) is 10.0 Å². The van der Waals surface area contributed by atoms with Crippen molar-refractivity contribution in [3.8, 4) is 0 Å². The van der Waals surface area contributed by atoms with Crippen molar-refractivity contribution in [1.82, 2.24) is 0 Å². The number of hydrogen-bond acceptors (Lipinski definition) is 3. The minimum absolute atomic E-state index is 0.0891. The second kappa shape index (κ2) is 5.35. The number of hydrogen-bond donors (Lipinski definition) is 2. The molecule has 0 bridgehead atoms. The molecule has 2 aromatic carbocycles. The topological polar surface area (TPSA) is 72.2 Å². The van der Waals surface area contributed by atoms with E-state index in [4.69, 9.17) is 5.73 Å². The second-order valence-electron chi connectivity index (χ2n) is 5.12. The molecule has 6 heteroatoms. The summed E-state index contributed by atoms with van der Waals surface area (Å²) in [7, 11) is -3.67. The smallest absolute Gasteiger partial charge is 0.263 e. The second-order valence-corrected chi connectivity index (χ2v) is 7.69. The van der Waals surface area contributed by atoms with Gasteiger partial charge in [0.05, 0.1) is 5.69 Å². The van der Waals surface area contributed by atoms with Gasteiger partial charge in [-0.25, -0.2) is 8.42 Å². The SMILES string of the molecule is Nc1cc(Br)ccc1S(=O)(=O)Nc1ccc2c(c1)CCC2. The summed E-state index contributed by atoms with van der Waals surface area (Å²) in [6.07, 6.45) is 3.21. The van der Waals surface area contributed by atoms with Gasteiger partial charge in [0.15, 0.2) is 0 Å². The van der Waals surface area contributed by atoms with Crippen LogP contribution in [-0.2, 0) is 22.9 Å². The number of halogens is 1. The van der Waals surface area contributed by atoms with Crippen LogP contribution < -0.4 is 10.5 Å². The predicted molar refractivity (Wildman–Crippen MR) is 87.8 cm³/mol. The Morgan fingerprint density at radius 1 is 1.05 bits per heavy atom. The normalized spacial score (nSPS) is 14.0. The van der Waals surface area contributed by atoms with Crippen molar-refractivity contribution in [2.75, 3.05) is 10.5 Å². The van der Waals surface area contributed by atoms with E-state index in [2.05, 4.69) is 20.7 Å². The summed E-state index contributed by atoms with van der Waals surface area (Å²) in [4.78, 5) is 0.0891. The molecule has 2 aromatic rings. The van der Waals surface area contributed by atoms with E-state index in [9.17, 15) is 8.42 Å². The highest BCUT2D eigenvalue weighted by molar-refractivity contribution is 9.10. The molecule has 0 saturated heterocycles. The van der Waals surface area contributed by atoms with Crippen LogP contribution in [0.15, 0.2) is 45.8 Å². The first-order chi connectivity index (χ1) is 9.95. The van der Waals surface area contributed by atoms with E-state index in [0.29, 0.717) is 5.69 Å². The Kier molecular flexibility index (Phi) is 3.67. The lowest BCUT2D eigenvalue weighted by Crippen LogP contribution is -2.15. The van der Waals surface area contributed by atoms with E-state index in [1.807, 2.05) is 12.1 Å². The van der Waals surface area contributed by atoms with Gasteiger partial charge in [-0.1, -0.05) is 22.0 Å². The number of aryl methyl sites for hydroxylation is 2. The Hall–Kier alpha value is -1.53. The zero-order valence-corrected chi connectivity index (χ0v) is 13.7. The van der Waals surface area contributed by atoms with Crippen LogP contribution in [0.4, 0.5) is 11.4 Å². The van der Waals surface area contributed by atoms with Crippen LogP contribution in [0.1, 0.15) is 17.5 Å². The molecule has 21 heavy (non-hydrogen) atoms. The molecule has 0 saturated carbocycles. The van der Waals surface area contributed by atoms with Gasteiger partial charge in [-0.05, 0) is 60.7 Å². The summed E-state index contributed by atoms with van der Waals surface area (Å²) in [6, 6.07) is 10.4. The minimum Gasteiger partial charge on any atom is -0.398 e. The van der Waals surface area contributed by atoms with Gasteiger partial charge < -0.3 is 5.73 Å². The fourth-order valence-electron chi connectivity index (χ4n) is 2.61. The van der Waals surface area contributed by atoms with Gasteiger partial charge in [-0.15, -0.1) is 0 Å². The molecule has 1 aliphatic rings. The van der Waals surface area contributed by atoms with E-state index >= 15 is 0 Å². The van der Waals surface area contributed by atoms with E-state index in [-0.39, 0.29) is 10.6 Å². The number of sulfonamides is 1. The lowest BCUT2D eigenvalue weighted by atomic mass is 10.1.